The van der Waals surface area contributed by atoms with Crippen LogP contribution in [0, 0.1) is 5.41 Å². The third kappa shape index (κ3) is 2.63. The van der Waals surface area contributed by atoms with E-state index in [-0.39, 0.29) is 16.8 Å². The van der Waals surface area contributed by atoms with Gasteiger partial charge < -0.3 is 5.11 Å². The molecule has 0 aliphatic rings. The van der Waals surface area contributed by atoms with Crippen LogP contribution in [0.4, 0.5) is 0 Å². The minimum atomic E-state index is -0.549. The quantitative estimate of drug-likeness (QED) is 0.768. The fraction of sp³-hybridized carbons (Fsp3) is 0.750. The molecule has 13 heavy (non-hydrogen) atoms. The molecule has 0 saturated carbocycles. The maximum atomic E-state index is 11.1. The van der Waals surface area contributed by atoms with Crippen LogP contribution >= 0.6 is 11.3 Å². The smallest absolute Gasteiger partial charge is 0.324 e. The highest BCUT2D eigenvalue weighted by Crippen LogP contribution is 2.19. The molecular formula is C8H14N2O2S. The van der Waals surface area contributed by atoms with E-state index in [9.17, 15) is 9.90 Å². The highest BCUT2D eigenvalue weighted by Gasteiger charge is 2.23. The molecule has 0 saturated heterocycles. The van der Waals surface area contributed by atoms with Gasteiger partial charge in [0, 0.05) is 0 Å². The molecule has 0 bridgehead atoms. The number of nitrogens with zero attached hydrogens (tertiary/aromatic N) is 2. The number of hydrogen-bond acceptors (Lipinski definition) is 4. The summed E-state index contributed by atoms with van der Waals surface area (Å²) in [6, 6.07) is 0. The second kappa shape index (κ2) is 3.59. The fourth-order valence-corrected chi connectivity index (χ4v) is 1.29. The predicted octanol–water partition coefficient (Wildman–Crippen LogP) is 0.712. The van der Waals surface area contributed by atoms with Crippen molar-refractivity contribution in [2.24, 2.45) is 5.41 Å². The molecular weight excluding hydrogens is 188 g/mol. The predicted molar refractivity (Wildman–Crippen MR) is 51.8 cm³/mol. The van der Waals surface area contributed by atoms with E-state index in [2.05, 4.69) is 5.10 Å². The van der Waals surface area contributed by atoms with E-state index in [0.29, 0.717) is 0 Å². The van der Waals surface area contributed by atoms with E-state index >= 15 is 0 Å². The van der Waals surface area contributed by atoms with Gasteiger partial charge in [-0.15, -0.1) is 0 Å². The molecule has 1 unspecified atom stereocenters. The van der Waals surface area contributed by atoms with Gasteiger partial charge in [0.1, 0.15) is 5.51 Å². The third-order valence-electron chi connectivity index (χ3n) is 1.90. The first-order valence-electron chi connectivity index (χ1n) is 4.10. The standard InChI is InChI=1S/C8H14N2O2S/c1-8(2,3)6(11)4-10-7(12)13-5-9-10/h5-6,11H,4H2,1-3H3. The maximum absolute atomic E-state index is 11.1. The van der Waals surface area contributed by atoms with Crippen LogP contribution < -0.4 is 4.87 Å². The van der Waals surface area contributed by atoms with Gasteiger partial charge in [-0.05, 0) is 5.41 Å². The molecule has 0 amide bonds. The minimum absolute atomic E-state index is 0.122. The summed E-state index contributed by atoms with van der Waals surface area (Å²) in [6.07, 6.45) is -0.549. The maximum Gasteiger partial charge on any atom is 0.324 e. The van der Waals surface area contributed by atoms with Crippen molar-refractivity contribution in [2.75, 3.05) is 0 Å². The first-order valence-corrected chi connectivity index (χ1v) is 4.98. The van der Waals surface area contributed by atoms with Gasteiger partial charge >= 0.3 is 4.87 Å². The molecule has 1 atom stereocenters. The molecule has 1 N–H and O–H groups in total. The minimum Gasteiger partial charge on any atom is -0.391 e. The summed E-state index contributed by atoms with van der Waals surface area (Å²) in [7, 11) is 0. The van der Waals surface area contributed by atoms with Crippen molar-refractivity contribution in [1.82, 2.24) is 9.78 Å². The van der Waals surface area contributed by atoms with Gasteiger partial charge in [0.2, 0.25) is 0 Å². The van der Waals surface area contributed by atoms with Crippen molar-refractivity contribution in [2.45, 2.75) is 33.4 Å². The molecule has 0 aromatic carbocycles. The van der Waals surface area contributed by atoms with Crippen LogP contribution in [0.15, 0.2) is 10.3 Å². The highest BCUT2D eigenvalue weighted by molar-refractivity contribution is 7.06. The summed E-state index contributed by atoms with van der Waals surface area (Å²) < 4.78 is 1.29. The molecule has 0 fully saturated rings. The average Bonchev–Trinajstić information content (AvgIpc) is 2.34. The Balaban J connectivity index is 2.71. The number of hydrogen-bond donors (Lipinski definition) is 1. The molecule has 0 aliphatic carbocycles. The number of aromatic nitrogens is 2. The summed E-state index contributed by atoms with van der Waals surface area (Å²) >= 11 is 1.04. The molecule has 1 heterocycles. The van der Waals surface area contributed by atoms with Gasteiger partial charge in [0.25, 0.3) is 0 Å². The van der Waals surface area contributed by atoms with Crippen molar-refractivity contribution in [3.8, 4) is 0 Å². The normalized spacial score (nSPS) is 14.5. The first-order chi connectivity index (χ1) is 5.91. The van der Waals surface area contributed by atoms with E-state index in [1.54, 1.807) is 0 Å². The Morgan fingerprint density at radius 1 is 1.69 bits per heavy atom. The van der Waals surface area contributed by atoms with E-state index in [0.717, 1.165) is 11.3 Å². The summed E-state index contributed by atoms with van der Waals surface area (Å²) in [5.74, 6) is 0. The van der Waals surface area contributed by atoms with Crippen LogP contribution in [-0.4, -0.2) is 21.0 Å². The molecule has 74 valence electrons. The van der Waals surface area contributed by atoms with Crippen molar-refractivity contribution < 1.29 is 5.11 Å². The van der Waals surface area contributed by atoms with Gasteiger partial charge in [-0.2, -0.15) is 5.10 Å². The number of aliphatic hydroxyl groups excluding tert-OH is 1. The number of aliphatic hydroxyl groups is 1. The molecule has 5 heteroatoms. The van der Waals surface area contributed by atoms with Crippen LogP contribution in [0.5, 0.6) is 0 Å². The zero-order valence-corrected chi connectivity index (χ0v) is 8.84. The molecule has 4 nitrogen and oxygen atoms in total. The lowest BCUT2D eigenvalue weighted by molar-refractivity contribution is 0.0444. The van der Waals surface area contributed by atoms with Crippen molar-refractivity contribution in [1.29, 1.82) is 0 Å². The van der Waals surface area contributed by atoms with Gasteiger partial charge in [0.15, 0.2) is 0 Å². The highest BCUT2D eigenvalue weighted by atomic mass is 32.1. The Morgan fingerprint density at radius 2 is 2.31 bits per heavy atom. The lowest BCUT2D eigenvalue weighted by Crippen LogP contribution is -2.33. The molecule has 1 rings (SSSR count). The molecule has 0 radical (unpaired) electrons. The molecule has 0 spiro atoms. The van der Waals surface area contributed by atoms with E-state index < -0.39 is 6.10 Å². The lowest BCUT2D eigenvalue weighted by Gasteiger charge is -2.25. The van der Waals surface area contributed by atoms with E-state index in [4.69, 9.17) is 0 Å². The summed E-state index contributed by atoms with van der Waals surface area (Å²) in [4.78, 5) is 11.0. The Hall–Kier alpha value is -0.680. The average molecular weight is 202 g/mol. The molecule has 0 aliphatic heterocycles. The monoisotopic (exact) mass is 202 g/mol. The Kier molecular flexibility index (Phi) is 2.87. The molecule has 1 aromatic heterocycles. The van der Waals surface area contributed by atoms with Gasteiger partial charge in [-0.1, -0.05) is 32.1 Å². The van der Waals surface area contributed by atoms with Crippen LogP contribution in [0.1, 0.15) is 20.8 Å². The van der Waals surface area contributed by atoms with Crippen LogP contribution in [0.25, 0.3) is 0 Å². The second-order valence-corrected chi connectivity index (χ2v) is 4.86. The topological polar surface area (TPSA) is 55.1 Å². The van der Waals surface area contributed by atoms with Gasteiger partial charge in [-0.3, -0.25) is 4.79 Å². The van der Waals surface area contributed by atoms with Crippen molar-refractivity contribution in [3.63, 3.8) is 0 Å². The van der Waals surface area contributed by atoms with Gasteiger partial charge in [-0.25, -0.2) is 4.68 Å². The fourth-order valence-electron chi connectivity index (χ4n) is 0.793. The summed E-state index contributed by atoms with van der Waals surface area (Å²) in [5.41, 5.74) is 1.26. The summed E-state index contributed by atoms with van der Waals surface area (Å²) in [6.45, 7) is 6.05. The van der Waals surface area contributed by atoms with E-state index in [1.807, 2.05) is 20.8 Å². The Morgan fingerprint density at radius 3 is 2.69 bits per heavy atom. The first kappa shape index (κ1) is 10.4. The Labute approximate surface area is 80.8 Å². The second-order valence-electron chi connectivity index (χ2n) is 4.07. The zero-order valence-electron chi connectivity index (χ0n) is 8.02. The van der Waals surface area contributed by atoms with Crippen LogP contribution in [-0.2, 0) is 6.54 Å². The Bertz CT molecular complexity index is 323. The third-order valence-corrected chi connectivity index (χ3v) is 2.51. The largest absolute Gasteiger partial charge is 0.391 e. The van der Waals surface area contributed by atoms with Crippen molar-refractivity contribution in [3.05, 3.63) is 15.2 Å². The van der Waals surface area contributed by atoms with Crippen molar-refractivity contribution >= 4 is 11.3 Å². The van der Waals surface area contributed by atoms with E-state index in [1.165, 1.54) is 10.2 Å². The lowest BCUT2D eigenvalue weighted by atomic mass is 9.89. The van der Waals surface area contributed by atoms with Gasteiger partial charge in [0.05, 0.1) is 12.6 Å². The van der Waals surface area contributed by atoms with Crippen LogP contribution in [0.3, 0.4) is 0 Å². The summed E-state index contributed by atoms with van der Waals surface area (Å²) in [5, 5.41) is 13.5. The SMILES string of the molecule is CC(C)(C)C(O)Cn1ncsc1=O. The number of rotatable bonds is 2. The zero-order chi connectivity index (χ0) is 10.1. The van der Waals surface area contributed by atoms with Crippen LogP contribution in [0.2, 0.25) is 0 Å². The molecule has 1 aromatic rings.